The number of hydrogen-bond donors (Lipinski definition) is 0. The summed E-state index contributed by atoms with van der Waals surface area (Å²) in [5.74, 6) is -4.35. The van der Waals surface area contributed by atoms with Crippen molar-refractivity contribution in [2.45, 2.75) is 11.7 Å². The highest BCUT2D eigenvalue weighted by Crippen LogP contribution is 2.38. The van der Waals surface area contributed by atoms with Crippen molar-refractivity contribution < 1.29 is 18.0 Å². The second kappa shape index (κ2) is 7.70. The molecule has 2 nitrogen and oxygen atoms in total. The molecule has 0 aromatic heterocycles. The molecule has 0 aliphatic carbocycles. The summed E-state index contributed by atoms with van der Waals surface area (Å²) in [6.07, 6.45) is 0.644. The average molecular weight is 386 g/mol. The van der Waals surface area contributed by atoms with Crippen LogP contribution in [0.5, 0.6) is 0 Å². The number of nitrogens with zero attached hydrogens (tertiary/aromatic N) is 1. The van der Waals surface area contributed by atoms with E-state index in [1.54, 1.807) is 11.8 Å². The zero-order valence-electron chi connectivity index (χ0n) is 13.1. The first-order valence-electron chi connectivity index (χ1n) is 7.78. The van der Waals surface area contributed by atoms with Crippen molar-refractivity contribution in [1.29, 1.82) is 0 Å². The van der Waals surface area contributed by atoms with Gasteiger partial charge >= 0.3 is 0 Å². The highest BCUT2D eigenvalue weighted by atomic mass is 35.5. The van der Waals surface area contributed by atoms with Crippen LogP contribution in [0.15, 0.2) is 36.4 Å². The fraction of sp³-hybridized carbons (Fsp3) is 0.278. The van der Waals surface area contributed by atoms with Gasteiger partial charge in [0.2, 0.25) is 0 Å². The van der Waals surface area contributed by atoms with Crippen LogP contribution >= 0.6 is 23.4 Å². The summed E-state index contributed by atoms with van der Waals surface area (Å²) in [4.78, 5) is 14.0. The molecule has 1 heterocycles. The highest BCUT2D eigenvalue weighted by Gasteiger charge is 2.27. The molecule has 0 spiro atoms. The maximum absolute atomic E-state index is 13.9. The van der Waals surface area contributed by atoms with E-state index in [0.717, 1.165) is 17.7 Å². The number of carbonyl (C=O) groups excluding carboxylic acids is 1. The van der Waals surface area contributed by atoms with Crippen LogP contribution in [-0.4, -0.2) is 29.6 Å². The fourth-order valence-corrected chi connectivity index (χ4v) is 4.42. The summed E-state index contributed by atoms with van der Waals surface area (Å²) in [6, 6.07) is 9.29. The zero-order chi connectivity index (χ0) is 18.0. The smallest absolute Gasteiger partial charge is 0.256 e. The number of benzene rings is 2. The van der Waals surface area contributed by atoms with Crippen LogP contribution in [0.1, 0.15) is 27.6 Å². The van der Waals surface area contributed by atoms with Gasteiger partial charge in [-0.15, -0.1) is 0 Å². The van der Waals surface area contributed by atoms with Gasteiger partial charge in [0.05, 0.1) is 5.56 Å². The summed E-state index contributed by atoms with van der Waals surface area (Å²) >= 11 is 7.91. The lowest BCUT2D eigenvalue weighted by atomic mass is 10.1. The minimum absolute atomic E-state index is 0.126. The SMILES string of the molecule is O=C(c1ccc(F)c(F)c1F)N1CCS[C@@H](c2ccccc2Cl)CC1. The van der Waals surface area contributed by atoms with Gasteiger partial charge in [-0.05, 0) is 30.2 Å². The quantitative estimate of drug-likeness (QED) is 0.672. The van der Waals surface area contributed by atoms with Gasteiger partial charge in [-0.1, -0.05) is 29.8 Å². The molecule has 3 rings (SSSR count). The first-order valence-corrected chi connectivity index (χ1v) is 9.20. The summed E-state index contributed by atoms with van der Waals surface area (Å²) in [5.41, 5.74) is 0.558. The topological polar surface area (TPSA) is 20.3 Å². The second-order valence-electron chi connectivity index (χ2n) is 5.68. The maximum atomic E-state index is 13.9. The lowest BCUT2D eigenvalue weighted by molar-refractivity contribution is 0.0760. The number of rotatable bonds is 2. The van der Waals surface area contributed by atoms with E-state index in [4.69, 9.17) is 11.6 Å². The Bertz CT molecular complexity index is 802. The molecule has 1 aliphatic heterocycles. The molecule has 1 amide bonds. The van der Waals surface area contributed by atoms with Gasteiger partial charge in [-0.3, -0.25) is 4.79 Å². The summed E-state index contributed by atoms with van der Waals surface area (Å²) in [7, 11) is 0. The van der Waals surface area contributed by atoms with Crippen LogP contribution in [0.4, 0.5) is 13.2 Å². The largest absolute Gasteiger partial charge is 0.338 e. The Labute approximate surface area is 153 Å². The van der Waals surface area contributed by atoms with Crippen molar-refractivity contribution in [1.82, 2.24) is 4.90 Å². The molecular weight excluding hydrogens is 371 g/mol. The molecule has 2 aromatic carbocycles. The van der Waals surface area contributed by atoms with Gasteiger partial charge in [0, 0.05) is 29.1 Å². The first-order chi connectivity index (χ1) is 12.0. The minimum Gasteiger partial charge on any atom is -0.338 e. The van der Waals surface area contributed by atoms with Gasteiger partial charge in [0.25, 0.3) is 5.91 Å². The Morgan fingerprint density at radius 3 is 2.60 bits per heavy atom. The third kappa shape index (κ3) is 3.80. The Balaban J connectivity index is 1.76. The number of halogens is 4. The lowest BCUT2D eigenvalue weighted by Crippen LogP contribution is -2.33. The van der Waals surface area contributed by atoms with Gasteiger partial charge in [0.15, 0.2) is 17.5 Å². The molecule has 1 saturated heterocycles. The predicted molar refractivity (Wildman–Crippen MR) is 93.5 cm³/mol. The van der Waals surface area contributed by atoms with Crippen molar-refractivity contribution in [3.05, 3.63) is 70.0 Å². The highest BCUT2D eigenvalue weighted by molar-refractivity contribution is 7.99. The van der Waals surface area contributed by atoms with E-state index in [1.165, 1.54) is 4.90 Å². The molecule has 0 unspecified atom stereocenters. The van der Waals surface area contributed by atoms with E-state index in [9.17, 15) is 18.0 Å². The van der Waals surface area contributed by atoms with Gasteiger partial charge in [0.1, 0.15) is 0 Å². The van der Waals surface area contributed by atoms with Crippen molar-refractivity contribution >= 4 is 29.3 Å². The minimum atomic E-state index is -1.62. The maximum Gasteiger partial charge on any atom is 0.256 e. The van der Waals surface area contributed by atoms with Gasteiger partial charge in [-0.25, -0.2) is 13.2 Å². The van der Waals surface area contributed by atoms with Crippen LogP contribution in [-0.2, 0) is 0 Å². The van der Waals surface area contributed by atoms with Crippen LogP contribution in [0.2, 0.25) is 5.02 Å². The van der Waals surface area contributed by atoms with Crippen LogP contribution in [0.3, 0.4) is 0 Å². The number of thioether (sulfide) groups is 1. The van der Waals surface area contributed by atoms with Crippen molar-refractivity contribution in [2.24, 2.45) is 0 Å². The lowest BCUT2D eigenvalue weighted by Gasteiger charge is -2.21. The van der Waals surface area contributed by atoms with Gasteiger partial charge < -0.3 is 4.90 Å². The zero-order valence-corrected chi connectivity index (χ0v) is 14.7. The third-order valence-corrected chi connectivity index (χ3v) is 5.80. The molecule has 0 saturated carbocycles. The Morgan fingerprint density at radius 2 is 1.84 bits per heavy atom. The van der Waals surface area contributed by atoms with Crippen LogP contribution < -0.4 is 0 Å². The molecule has 1 aliphatic rings. The molecule has 0 bridgehead atoms. The summed E-state index contributed by atoms with van der Waals surface area (Å²) in [5, 5.41) is 0.799. The normalized spacial score (nSPS) is 18.1. The third-order valence-electron chi connectivity index (χ3n) is 4.15. The molecule has 2 aromatic rings. The Morgan fingerprint density at radius 1 is 1.08 bits per heavy atom. The molecule has 132 valence electrons. The predicted octanol–water partition coefficient (Wildman–Crippen LogP) is 5.08. The van der Waals surface area contributed by atoms with E-state index >= 15 is 0 Å². The molecule has 7 heteroatoms. The number of hydrogen-bond acceptors (Lipinski definition) is 2. The summed E-state index contributed by atoms with van der Waals surface area (Å²) < 4.78 is 40.3. The molecule has 25 heavy (non-hydrogen) atoms. The molecule has 0 radical (unpaired) electrons. The average Bonchev–Trinajstić information content (AvgIpc) is 2.86. The molecule has 1 fully saturated rings. The monoisotopic (exact) mass is 385 g/mol. The van der Waals surface area contributed by atoms with Crippen LogP contribution in [0, 0.1) is 17.5 Å². The van der Waals surface area contributed by atoms with Crippen LogP contribution in [0.25, 0.3) is 0 Å². The molecule has 0 N–H and O–H groups in total. The van der Waals surface area contributed by atoms with Crippen molar-refractivity contribution in [2.75, 3.05) is 18.8 Å². The van der Waals surface area contributed by atoms with Crippen molar-refractivity contribution in [3.63, 3.8) is 0 Å². The first kappa shape index (κ1) is 18.1. The van der Waals surface area contributed by atoms with E-state index in [1.807, 2.05) is 24.3 Å². The summed E-state index contributed by atoms with van der Waals surface area (Å²) in [6.45, 7) is 0.795. The van der Waals surface area contributed by atoms with Crippen molar-refractivity contribution in [3.8, 4) is 0 Å². The number of carbonyl (C=O) groups is 1. The Kier molecular flexibility index (Phi) is 5.59. The standard InChI is InChI=1S/C18H15ClF3NOS/c19-13-4-2-1-3-11(13)15-7-8-23(9-10-25-15)18(24)12-5-6-14(20)17(22)16(12)21/h1-6,15H,7-10H2/t15-/m1/s1. The second-order valence-corrected chi connectivity index (χ2v) is 7.40. The molecule has 1 atom stereocenters. The van der Waals surface area contributed by atoms with E-state index in [0.29, 0.717) is 30.3 Å². The molecular formula is C18H15ClF3NOS. The number of amides is 1. The van der Waals surface area contributed by atoms with E-state index < -0.39 is 28.9 Å². The van der Waals surface area contributed by atoms with Gasteiger partial charge in [-0.2, -0.15) is 11.8 Å². The van der Waals surface area contributed by atoms with E-state index in [2.05, 4.69) is 0 Å². The Hall–Kier alpha value is -1.66. The van der Waals surface area contributed by atoms with E-state index in [-0.39, 0.29) is 5.25 Å². The fourth-order valence-electron chi connectivity index (χ4n) is 2.82.